The molecule has 1 aliphatic heterocycles. The molecule has 6 nitrogen and oxygen atoms in total. The van der Waals surface area contributed by atoms with Gasteiger partial charge in [0.15, 0.2) is 0 Å². The highest BCUT2D eigenvalue weighted by molar-refractivity contribution is 6.05. The summed E-state index contributed by atoms with van der Waals surface area (Å²) in [4.78, 5) is 27.4. The third kappa shape index (κ3) is 3.43. The van der Waals surface area contributed by atoms with Gasteiger partial charge in [0.1, 0.15) is 11.8 Å². The van der Waals surface area contributed by atoms with Crippen molar-refractivity contribution in [1.29, 1.82) is 0 Å². The van der Waals surface area contributed by atoms with Gasteiger partial charge in [-0.25, -0.2) is 0 Å². The Morgan fingerprint density at radius 1 is 1.29 bits per heavy atom. The van der Waals surface area contributed by atoms with Crippen LogP contribution in [0, 0.1) is 0 Å². The molecule has 1 saturated heterocycles. The Hall–Kier alpha value is -2.34. The maximum Gasteiger partial charge on any atom is 0.317 e. The average molecular weight is 330 g/mol. The number of furan rings is 1. The zero-order valence-electron chi connectivity index (χ0n) is 13.8. The zero-order chi connectivity index (χ0) is 17.1. The number of likely N-dealkylation sites (N-methyl/N-ethyl adjacent to an activating group) is 1. The number of amides is 1. The van der Waals surface area contributed by atoms with Crippen LogP contribution in [0.1, 0.15) is 29.6 Å². The second-order valence-electron chi connectivity index (χ2n) is 6.33. The van der Waals surface area contributed by atoms with Crippen LogP contribution in [-0.4, -0.2) is 59.5 Å². The highest BCUT2D eigenvalue weighted by atomic mass is 16.4. The van der Waals surface area contributed by atoms with Gasteiger partial charge in [-0.05, 0) is 32.4 Å². The van der Waals surface area contributed by atoms with E-state index in [9.17, 15) is 9.59 Å². The number of carbonyl (C=O) groups excluding carboxylic acids is 1. The van der Waals surface area contributed by atoms with Crippen molar-refractivity contribution in [2.45, 2.75) is 25.3 Å². The molecule has 1 unspecified atom stereocenters. The lowest BCUT2D eigenvalue weighted by Gasteiger charge is -2.25. The van der Waals surface area contributed by atoms with Gasteiger partial charge in [-0.1, -0.05) is 18.2 Å². The van der Waals surface area contributed by atoms with Crippen molar-refractivity contribution < 1.29 is 19.1 Å². The molecule has 2 heterocycles. The molecule has 3 rings (SSSR count). The summed E-state index contributed by atoms with van der Waals surface area (Å²) in [7, 11) is 1.83. The Morgan fingerprint density at radius 3 is 2.88 bits per heavy atom. The molecule has 0 spiro atoms. The lowest BCUT2D eigenvalue weighted by atomic mass is 10.1. The van der Waals surface area contributed by atoms with Crippen LogP contribution in [-0.2, 0) is 4.79 Å². The Morgan fingerprint density at radius 2 is 2.08 bits per heavy atom. The minimum Gasteiger partial charge on any atom is -0.480 e. The summed E-state index contributed by atoms with van der Waals surface area (Å²) in [5.74, 6) is -0.832. The number of rotatable bonds is 4. The summed E-state index contributed by atoms with van der Waals surface area (Å²) in [6.07, 6.45) is 4.09. The zero-order valence-corrected chi connectivity index (χ0v) is 13.8. The summed E-state index contributed by atoms with van der Waals surface area (Å²) in [6.45, 7) is 1.35. The Kier molecular flexibility index (Phi) is 4.85. The lowest BCUT2D eigenvalue weighted by Crippen LogP contribution is -2.37. The molecule has 0 aliphatic carbocycles. The number of hydrogen-bond acceptors (Lipinski definition) is 4. The molecular formula is C18H22N2O4. The van der Waals surface area contributed by atoms with Gasteiger partial charge in [-0.2, -0.15) is 0 Å². The second kappa shape index (κ2) is 7.05. The van der Waals surface area contributed by atoms with E-state index in [1.54, 1.807) is 0 Å². The first-order valence-electron chi connectivity index (χ1n) is 8.24. The number of carboxylic acids is 1. The first kappa shape index (κ1) is 16.5. The summed E-state index contributed by atoms with van der Waals surface area (Å²) in [5.41, 5.74) is 1.32. The fourth-order valence-electron chi connectivity index (χ4n) is 3.38. The monoisotopic (exact) mass is 330 g/mol. The number of carboxylic acid groups (broad SMARTS) is 1. The first-order chi connectivity index (χ1) is 11.6. The van der Waals surface area contributed by atoms with Crippen molar-refractivity contribution in [2.24, 2.45) is 0 Å². The lowest BCUT2D eigenvalue weighted by molar-refractivity contribution is -0.138. The third-order valence-electron chi connectivity index (χ3n) is 4.70. The molecular weight excluding hydrogens is 308 g/mol. The minimum atomic E-state index is -0.820. The molecule has 1 fully saturated rings. The normalized spacial score (nSPS) is 18.8. The number of likely N-dealkylation sites (tertiary alicyclic amines) is 1. The summed E-state index contributed by atoms with van der Waals surface area (Å²) in [6, 6.07) is 7.72. The highest BCUT2D eigenvalue weighted by Crippen LogP contribution is 2.24. The second-order valence-corrected chi connectivity index (χ2v) is 6.33. The number of para-hydroxylation sites is 1. The van der Waals surface area contributed by atoms with Gasteiger partial charge in [0.25, 0.3) is 5.91 Å². The van der Waals surface area contributed by atoms with E-state index < -0.39 is 5.97 Å². The molecule has 2 aromatic rings. The molecule has 1 aromatic heterocycles. The van der Waals surface area contributed by atoms with Crippen molar-refractivity contribution in [3.63, 3.8) is 0 Å². The van der Waals surface area contributed by atoms with E-state index >= 15 is 0 Å². The van der Waals surface area contributed by atoms with Gasteiger partial charge in [0.05, 0.1) is 12.1 Å². The molecule has 1 amide bonds. The number of nitrogens with zero attached hydrogens (tertiary/aromatic N) is 2. The quantitative estimate of drug-likeness (QED) is 0.932. The van der Waals surface area contributed by atoms with E-state index in [4.69, 9.17) is 9.52 Å². The number of carbonyl (C=O) groups is 2. The standard InChI is InChI=1S/C18H22N2O4/c1-19(11-17(21)22)13-5-4-9-20(10-8-13)18(23)15-12-24-16-7-3-2-6-14(15)16/h2-3,6-7,12-13H,4-5,8-11H2,1H3,(H,21,22). The van der Waals surface area contributed by atoms with Crippen LogP contribution in [0.4, 0.5) is 0 Å². The number of benzene rings is 1. The Balaban J connectivity index is 1.69. The molecule has 1 N–H and O–H groups in total. The molecule has 1 aliphatic rings. The van der Waals surface area contributed by atoms with Crippen molar-refractivity contribution >= 4 is 22.8 Å². The number of aliphatic carboxylic acids is 1. The summed E-state index contributed by atoms with van der Waals surface area (Å²) < 4.78 is 5.47. The van der Waals surface area contributed by atoms with Crippen LogP contribution in [0.25, 0.3) is 11.0 Å². The van der Waals surface area contributed by atoms with Gasteiger partial charge in [-0.3, -0.25) is 14.5 Å². The Labute approximate surface area is 140 Å². The van der Waals surface area contributed by atoms with Gasteiger partial charge >= 0.3 is 5.97 Å². The van der Waals surface area contributed by atoms with Crippen LogP contribution in [0.15, 0.2) is 34.9 Å². The maximum atomic E-state index is 12.8. The van der Waals surface area contributed by atoms with E-state index in [1.165, 1.54) is 6.26 Å². The molecule has 6 heteroatoms. The van der Waals surface area contributed by atoms with Crippen molar-refractivity contribution in [1.82, 2.24) is 9.80 Å². The van der Waals surface area contributed by atoms with Crippen molar-refractivity contribution in [2.75, 3.05) is 26.7 Å². The molecule has 1 aromatic carbocycles. The largest absolute Gasteiger partial charge is 0.480 e. The number of hydrogen-bond donors (Lipinski definition) is 1. The third-order valence-corrected chi connectivity index (χ3v) is 4.70. The van der Waals surface area contributed by atoms with E-state index in [1.807, 2.05) is 41.1 Å². The summed E-state index contributed by atoms with van der Waals surface area (Å²) in [5, 5.41) is 9.77. The van der Waals surface area contributed by atoms with E-state index in [-0.39, 0.29) is 18.5 Å². The molecule has 24 heavy (non-hydrogen) atoms. The fraction of sp³-hybridized carbons (Fsp3) is 0.444. The van der Waals surface area contributed by atoms with E-state index in [0.29, 0.717) is 18.7 Å². The minimum absolute atomic E-state index is 0.0125. The molecule has 128 valence electrons. The van der Waals surface area contributed by atoms with Crippen molar-refractivity contribution in [3.05, 3.63) is 36.1 Å². The summed E-state index contributed by atoms with van der Waals surface area (Å²) >= 11 is 0. The SMILES string of the molecule is CN(CC(=O)O)C1CCCN(C(=O)c2coc3ccccc23)CC1. The Bertz CT molecular complexity index is 739. The smallest absolute Gasteiger partial charge is 0.317 e. The van der Waals surface area contributed by atoms with Crippen LogP contribution >= 0.6 is 0 Å². The highest BCUT2D eigenvalue weighted by Gasteiger charge is 2.26. The fourth-order valence-corrected chi connectivity index (χ4v) is 3.38. The van der Waals surface area contributed by atoms with Gasteiger partial charge < -0.3 is 14.4 Å². The molecule has 1 atom stereocenters. The van der Waals surface area contributed by atoms with E-state index in [0.717, 1.165) is 30.2 Å². The van der Waals surface area contributed by atoms with Gasteiger partial charge in [0.2, 0.25) is 0 Å². The van der Waals surface area contributed by atoms with Gasteiger partial charge in [0, 0.05) is 24.5 Å². The van der Waals surface area contributed by atoms with Crippen molar-refractivity contribution in [3.8, 4) is 0 Å². The van der Waals surface area contributed by atoms with E-state index in [2.05, 4.69) is 0 Å². The molecule has 0 saturated carbocycles. The maximum absolute atomic E-state index is 12.8. The molecule has 0 bridgehead atoms. The first-order valence-corrected chi connectivity index (χ1v) is 8.24. The predicted molar refractivity (Wildman–Crippen MR) is 90.0 cm³/mol. The van der Waals surface area contributed by atoms with Crippen LogP contribution < -0.4 is 0 Å². The topological polar surface area (TPSA) is 74.0 Å². The number of fused-ring (bicyclic) bond motifs is 1. The van der Waals surface area contributed by atoms with Gasteiger partial charge in [-0.15, -0.1) is 0 Å². The van der Waals surface area contributed by atoms with Crippen LogP contribution in [0.3, 0.4) is 0 Å². The molecule has 0 radical (unpaired) electrons. The predicted octanol–water partition coefficient (Wildman–Crippen LogP) is 2.44. The average Bonchev–Trinajstić information content (AvgIpc) is 2.82. The van der Waals surface area contributed by atoms with Crippen LogP contribution in [0.2, 0.25) is 0 Å². The van der Waals surface area contributed by atoms with Crippen LogP contribution in [0.5, 0.6) is 0 Å².